The first-order valence-electron chi connectivity index (χ1n) is 11.0. The second-order valence-electron chi connectivity index (χ2n) is 8.68. The third-order valence-corrected chi connectivity index (χ3v) is 6.65. The molecule has 3 aliphatic rings. The van der Waals surface area contributed by atoms with E-state index in [0.29, 0.717) is 11.8 Å². The number of aliphatic hydroxyl groups excluding tert-OH is 1. The van der Waals surface area contributed by atoms with Crippen molar-refractivity contribution < 1.29 is 14.6 Å². The van der Waals surface area contributed by atoms with Crippen molar-refractivity contribution in [1.82, 2.24) is 14.5 Å². The number of fused-ring (bicyclic) bond motifs is 4. The standard InChI is InChI=1S/C25H25N3O3/c1-15-4-2-6-20(26-15)23-24(17-7-10-21-22(13-17)31-14-30-21)28-11-3-5-16-12-18(29)8-9-19(16)25(28)27-23/h2-7,10,13,16,18-19,29H,8-9,11-12,14H2,1H3/t16-,18-,19?/m0/s1. The molecule has 31 heavy (non-hydrogen) atoms. The first kappa shape index (κ1) is 18.6. The molecule has 1 aliphatic carbocycles. The number of imidazole rings is 1. The van der Waals surface area contributed by atoms with Gasteiger partial charge in [-0.3, -0.25) is 4.98 Å². The van der Waals surface area contributed by atoms with Crippen molar-refractivity contribution >= 4 is 0 Å². The molecule has 2 aromatic heterocycles. The van der Waals surface area contributed by atoms with Crippen LogP contribution in [0.1, 0.15) is 36.7 Å². The fourth-order valence-electron chi connectivity index (χ4n) is 5.18. The summed E-state index contributed by atoms with van der Waals surface area (Å²) in [6, 6.07) is 12.2. The second-order valence-corrected chi connectivity index (χ2v) is 8.68. The monoisotopic (exact) mass is 415 g/mol. The van der Waals surface area contributed by atoms with Gasteiger partial charge in [-0.2, -0.15) is 0 Å². The van der Waals surface area contributed by atoms with Gasteiger partial charge in [-0.05, 0) is 62.4 Å². The van der Waals surface area contributed by atoms with Gasteiger partial charge in [0.05, 0.1) is 17.5 Å². The summed E-state index contributed by atoms with van der Waals surface area (Å²) in [4.78, 5) is 10.0. The predicted molar refractivity (Wildman–Crippen MR) is 117 cm³/mol. The molecule has 3 atom stereocenters. The molecule has 1 N–H and O–H groups in total. The summed E-state index contributed by atoms with van der Waals surface area (Å²) in [5.74, 6) is 3.24. The highest BCUT2D eigenvalue weighted by molar-refractivity contribution is 5.79. The van der Waals surface area contributed by atoms with Gasteiger partial charge in [0.25, 0.3) is 0 Å². The molecule has 6 heteroatoms. The smallest absolute Gasteiger partial charge is 0.231 e. The Kier molecular flexibility index (Phi) is 4.35. The minimum Gasteiger partial charge on any atom is -0.454 e. The van der Waals surface area contributed by atoms with Gasteiger partial charge in [0, 0.05) is 23.7 Å². The van der Waals surface area contributed by atoms with Gasteiger partial charge < -0.3 is 19.1 Å². The molecule has 6 rings (SSSR count). The van der Waals surface area contributed by atoms with Gasteiger partial charge in [-0.15, -0.1) is 0 Å². The lowest BCUT2D eigenvalue weighted by atomic mass is 9.77. The highest BCUT2D eigenvalue weighted by Gasteiger charge is 2.35. The van der Waals surface area contributed by atoms with Crippen molar-refractivity contribution in [1.29, 1.82) is 0 Å². The van der Waals surface area contributed by atoms with Crippen molar-refractivity contribution in [2.24, 2.45) is 5.92 Å². The first-order valence-corrected chi connectivity index (χ1v) is 11.0. The summed E-state index contributed by atoms with van der Waals surface area (Å²) < 4.78 is 13.5. The zero-order valence-corrected chi connectivity index (χ0v) is 17.5. The molecule has 0 spiro atoms. The number of aryl methyl sites for hydroxylation is 1. The number of ether oxygens (including phenoxy) is 2. The van der Waals surface area contributed by atoms with E-state index in [1.807, 2.05) is 37.3 Å². The van der Waals surface area contributed by atoms with Crippen LogP contribution in [0, 0.1) is 12.8 Å². The molecule has 6 nitrogen and oxygen atoms in total. The van der Waals surface area contributed by atoms with Crippen molar-refractivity contribution in [2.45, 2.75) is 44.8 Å². The van der Waals surface area contributed by atoms with E-state index in [-0.39, 0.29) is 12.9 Å². The minimum absolute atomic E-state index is 0.223. The molecule has 1 saturated carbocycles. The summed E-state index contributed by atoms with van der Waals surface area (Å²) >= 11 is 0. The van der Waals surface area contributed by atoms with Crippen LogP contribution in [0.25, 0.3) is 22.6 Å². The zero-order valence-electron chi connectivity index (χ0n) is 17.5. The van der Waals surface area contributed by atoms with Gasteiger partial charge in [-0.1, -0.05) is 18.2 Å². The maximum atomic E-state index is 10.2. The number of rotatable bonds is 2. The van der Waals surface area contributed by atoms with Crippen LogP contribution in [0.5, 0.6) is 11.5 Å². The Morgan fingerprint density at radius 1 is 1.06 bits per heavy atom. The topological polar surface area (TPSA) is 69.4 Å². The predicted octanol–water partition coefficient (Wildman–Crippen LogP) is 4.46. The Balaban J connectivity index is 1.56. The number of allylic oxidation sites excluding steroid dienone is 2. The van der Waals surface area contributed by atoms with Gasteiger partial charge in [0.2, 0.25) is 6.79 Å². The third-order valence-electron chi connectivity index (χ3n) is 6.65. The van der Waals surface area contributed by atoms with E-state index in [9.17, 15) is 5.11 Å². The van der Waals surface area contributed by atoms with Gasteiger partial charge in [0.1, 0.15) is 11.5 Å². The maximum Gasteiger partial charge on any atom is 0.231 e. The van der Waals surface area contributed by atoms with Gasteiger partial charge >= 0.3 is 0 Å². The Bertz CT molecular complexity index is 1180. The molecule has 0 radical (unpaired) electrons. The number of pyridine rings is 1. The van der Waals surface area contributed by atoms with E-state index in [1.54, 1.807) is 0 Å². The molecule has 158 valence electrons. The molecule has 3 aromatic rings. The summed E-state index contributed by atoms with van der Waals surface area (Å²) in [7, 11) is 0. The zero-order chi connectivity index (χ0) is 20.9. The lowest BCUT2D eigenvalue weighted by Crippen LogP contribution is -2.26. The van der Waals surface area contributed by atoms with Crippen LogP contribution in [-0.2, 0) is 6.54 Å². The van der Waals surface area contributed by atoms with Gasteiger partial charge in [0.15, 0.2) is 11.5 Å². The molecule has 0 bridgehead atoms. The van der Waals surface area contributed by atoms with Crippen LogP contribution >= 0.6 is 0 Å². The van der Waals surface area contributed by atoms with Crippen LogP contribution < -0.4 is 9.47 Å². The normalized spacial score (nSPS) is 23.9. The van der Waals surface area contributed by atoms with E-state index in [2.05, 4.69) is 22.8 Å². The van der Waals surface area contributed by atoms with Crippen LogP contribution in [0.4, 0.5) is 0 Å². The summed E-state index contributed by atoms with van der Waals surface area (Å²) in [5.41, 5.74) is 4.85. The van der Waals surface area contributed by atoms with E-state index in [4.69, 9.17) is 19.4 Å². The van der Waals surface area contributed by atoms with E-state index in [1.165, 1.54) is 0 Å². The van der Waals surface area contributed by atoms with Crippen molar-refractivity contribution in [3.8, 4) is 34.1 Å². The number of hydrogen-bond donors (Lipinski definition) is 1. The van der Waals surface area contributed by atoms with E-state index in [0.717, 1.165) is 71.5 Å². The second kappa shape index (κ2) is 7.24. The fraction of sp³-hybridized carbons (Fsp3) is 0.360. The van der Waals surface area contributed by atoms with Crippen LogP contribution in [-0.4, -0.2) is 32.5 Å². The largest absolute Gasteiger partial charge is 0.454 e. The van der Waals surface area contributed by atoms with Crippen LogP contribution in [0.15, 0.2) is 48.6 Å². The van der Waals surface area contributed by atoms with Crippen LogP contribution in [0.2, 0.25) is 0 Å². The molecule has 1 fully saturated rings. The molecular formula is C25H25N3O3. The SMILES string of the molecule is Cc1cccc(-c2nc3n(c2-c2ccc4c(c2)OCO4)CC=C[C@H]2C[C@@H](O)CCC32)n1. The highest BCUT2D eigenvalue weighted by Crippen LogP contribution is 2.45. The lowest BCUT2D eigenvalue weighted by molar-refractivity contribution is 0.101. The summed E-state index contributed by atoms with van der Waals surface area (Å²) in [5, 5.41) is 10.2. The van der Waals surface area contributed by atoms with Crippen molar-refractivity contribution in [3.05, 3.63) is 60.1 Å². The van der Waals surface area contributed by atoms with Gasteiger partial charge in [-0.25, -0.2) is 4.98 Å². The van der Waals surface area contributed by atoms with E-state index >= 15 is 0 Å². The molecule has 2 aliphatic heterocycles. The number of hydrogen-bond acceptors (Lipinski definition) is 5. The van der Waals surface area contributed by atoms with Crippen LogP contribution in [0.3, 0.4) is 0 Å². The summed E-state index contributed by atoms with van der Waals surface area (Å²) in [6.45, 7) is 3.01. The maximum absolute atomic E-state index is 10.2. The average Bonchev–Trinajstić information content (AvgIpc) is 3.34. The summed E-state index contributed by atoms with van der Waals surface area (Å²) in [6.07, 6.45) is 6.82. The average molecular weight is 415 g/mol. The number of benzene rings is 1. The van der Waals surface area contributed by atoms with E-state index < -0.39 is 0 Å². The quantitative estimate of drug-likeness (QED) is 0.626. The number of aliphatic hydroxyl groups is 1. The molecule has 0 saturated heterocycles. The molecule has 1 unspecified atom stereocenters. The lowest BCUT2D eigenvalue weighted by Gasteiger charge is -2.31. The Morgan fingerprint density at radius 3 is 2.87 bits per heavy atom. The Morgan fingerprint density at radius 2 is 1.97 bits per heavy atom. The molecular weight excluding hydrogens is 390 g/mol. The minimum atomic E-state index is -0.223. The number of nitrogens with zero attached hydrogens (tertiary/aromatic N) is 3. The first-order chi connectivity index (χ1) is 15.2. The Hall–Kier alpha value is -3.12. The molecule has 0 amide bonds. The molecule has 1 aromatic carbocycles. The molecule has 4 heterocycles. The number of aromatic nitrogens is 3. The Labute approximate surface area is 181 Å². The van der Waals surface area contributed by atoms with Crippen molar-refractivity contribution in [3.63, 3.8) is 0 Å². The third kappa shape index (κ3) is 3.13. The highest BCUT2D eigenvalue weighted by atomic mass is 16.7. The van der Waals surface area contributed by atoms with Crippen molar-refractivity contribution in [2.75, 3.05) is 6.79 Å². The fourth-order valence-corrected chi connectivity index (χ4v) is 5.18.